The highest BCUT2D eigenvalue weighted by atomic mass is 16.8. The van der Waals surface area contributed by atoms with Crippen LogP contribution in [0.15, 0.2) is 11.6 Å². The number of ether oxygens (including phenoxy) is 10. The van der Waals surface area contributed by atoms with Gasteiger partial charge in [-0.3, -0.25) is 0 Å². The van der Waals surface area contributed by atoms with Crippen molar-refractivity contribution >= 4 is 0 Å². The lowest BCUT2D eigenvalue weighted by Gasteiger charge is -2.59. The molecule has 1 spiro atoms. The molecule has 0 aromatic heterocycles. The van der Waals surface area contributed by atoms with Gasteiger partial charge in [0, 0.05) is 18.3 Å². The number of fused-ring (bicyclic) bond motifs is 7. The highest BCUT2D eigenvalue weighted by Gasteiger charge is 2.69. The van der Waals surface area contributed by atoms with Gasteiger partial charge in [0.25, 0.3) is 0 Å². The Hall–Kier alpha value is -1.14. The second-order valence-electron chi connectivity index (χ2n) is 24.0. The Morgan fingerprint density at radius 1 is 0.603 bits per heavy atom. The summed E-state index contributed by atoms with van der Waals surface area (Å²) in [7, 11) is 0. The van der Waals surface area contributed by atoms with Gasteiger partial charge >= 0.3 is 0 Å². The largest absolute Gasteiger partial charge is 0.394 e. The van der Waals surface area contributed by atoms with E-state index in [0.29, 0.717) is 49.5 Å². The van der Waals surface area contributed by atoms with Crippen molar-refractivity contribution in [2.24, 2.45) is 46.3 Å². The van der Waals surface area contributed by atoms with Crippen molar-refractivity contribution in [1.82, 2.24) is 0 Å². The molecule has 22 heteroatoms. The van der Waals surface area contributed by atoms with Crippen LogP contribution in [0, 0.1) is 46.3 Å². The van der Waals surface area contributed by atoms with Crippen molar-refractivity contribution in [3.05, 3.63) is 11.6 Å². The molecule has 22 nitrogen and oxygen atoms in total. The number of rotatable bonds is 10. The summed E-state index contributed by atoms with van der Waals surface area (Å²) in [5, 5.41) is 130. The van der Waals surface area contributed by atoms with Crippen LogP contribution in [-0.2, 0) is 47.4 Å². The fraction of sp³-hybridized carbons (Fsp3) is 0.961. The number of hydrogen-bond acceptors (Lipinski definition) is 22. The molecule has 9 fully saturated rings. The smallest absolute Gasteiger partial charge is 0.187 e. The predicted octanol–water partition coefficient (Wildman–Crippen LogP) is -1.96. The van der Waals surface area contributed by atoms with Gasteiger partial charge in [0.1, 0.15) is 85.5 Å². The fourth-order valence-electron chi connectivity index (χ4n) is 15.5. The first-order valence-electron chi connectivity index (χ1n) is 26.8. The Kier molecular flexibility index (Phi) is 15.7. The van der Waals surface area contributed by atoms with Crippen LogP contribution in [0.2, 0.25) is 0 Å². The van der Waals surface area contributed by atoms with Gasteiger partial charge in [-0.1, -0.05) is 39.3 Å². The Bertz CT molecular complexity index is 1950. The van der Waals surface area contributed by atoms with Crippen LogP contribution >= 0.6 is 0 Å². The molecular formula is C51H82O22. The summed E-state index contributed by atoms with van der Waals surface area (Å²) >= 11 is 0. The zero-order valence-corrected chi connectivity index (χ0v) is 42.5. The van der Waals surface area contributed by atoms with Gasteiger partial charge in [-0.05, 0) is 93.3 Å². The van der Waals surface area contributed by atoms with E-state index in [0.717, 1.165) is 32.1 Å². The van der Waals surface area contributed by atoms with Gasteiger partial charge in [-0.2, -0.15) is 0 Å². The lowest BCUT2D eigenvalue weighted by atomic mass is 9.47. The molecule has 6 saturated heterocycles. The van der Waals surface area contributed by atoms with Crippen LogP contribution in [0.25, 0.3) is 0 Å². The van der Waals surface area contributed by atoms with Crippen LogP contribution in [0.3, 0.4) is 0 Å². The van der Waals surface area contributed by atoms with Crippen molar-refractivity contribution in [3.8, 4) is 0 Å². The van der Waals surface area contributed by atoms with Gasteiger partial charge in [0.15, 0.2) is 30.9 Å². The predicted molar refractivity (Wildman–Crippen MR) is 247 cm³/mol. The molecule has 0 radical (unpaired) electrons. The van der Waals surface area contributed by atoms with E-state index >= 15 is 0 Å². The minimum absolute atomic E-state index is 0.0715. The first-order chi connectivity index (χ1) is 34.5. The van der Waals surface area contributed by atoms with Crippen molar-refractivity contribution in [2.75, 3.05) is 19.8 Å². The van der Waals surface area contributed by atoms with E-state index in [9.17, 15) is 61.3 Å². The quantitative estimate of drug-likeness (QED) is 0.106. The maximum atomic E-state index is 12.3. The molecule has 6 heterocycles. The molecule has 418 valence electrons. The molecule has 10 aliphatic rings. The van der Waals surface area contributed by atoms with Crippen LogP contribution in [0.4, 0.5) is 0 Å². The van der Waals surface area contributed by atoms with E-state index in [2.05, 4.69) is 26.8 Å². The van der Waals surface area contributed by atoms with Crippen molar-refractivity contribution in [1.29, 1.82) is 0 Å². The van der Waals surface area contributed by atoms with Crippen LogP contribution in [0.1, 0.15) is 92.9 Å². The molecule has 0 aromatic rings. The van der Waals surface area contributed by atoms with Gasteiger partial charge < -0.3 is 109 Å². The third kappa shape index (κ3) is 9.32. The summed E-state index contributed by atoms with van der Waals surface area (Å²) in [5.41, 5.74) is 1.25. The summed E-state index contributed by atoms with van der Waals surface area (Å²) in [6.45, 7) is 11.1. The average molecular weight is 1050 g/mol. The Balaban J connectivity index is 0.834. The lowest BCUT2D eigenvalue weighted by Crippen LogP contribution is -2.67. The molecule has 4 aliphatic carbocycles. The average Bonchev–Trinajstić information content (AvgIpc) is 3.81. The first kappa shape index (κ1) is 55.2. The molecule has 12 N–H and O–H groups in total. The molecule has 3 saturated carbocycles. The fourth-order valence-corrected chi connectivity index (χ4v) is 15.5. The van der Waals surface area contributed by atoms with Gasteiger partial charge in [0.2, 0.25) is 0 Å². The van der Waals surface area contributed by atoms with Crippen molar-refractivity contribution in [3.63, 3.8) is 0 Å². The zero-order valence-electron chi connectivity index (χ0n) is 42.5. The van der Waals surface area contributed by atoms with E-state index in [4.69, 9.17) is 47.4 Å². The second-order valence-corrected chi connectivity index (χ2v) is 24.0. The SMILES string of the molecule is C[C@@H]1O[C@@H](O[C@H]2[C@H](O[C@H]3CC[C@@]4(C)C(=CC[C@H]5[C@@H]6C[C@@H]7O[C@]8(C[C@H](O)[C@@H](C)CO8)[C@@H](C)[C@@H]7[C@@]6(C)CC[C@@H]54)C3)O[C@H](CO)[C@@H](O[C@@H]3O[C@@H](C)[C@H](O[C@@H]4O[C@H](CO)[C@@H](O)[C@H](O)[C@H]4O)[C@@H](O)[C@H]3O)[C@@H]2O)[C@H](O)[C@H](O)[C@H]1O. The Morgan fingerprint density at radius 2 is 1.22 bits per heavy atom. The molecule has 32 atom stereocenters. The number of aliphatic hydroxyl groups excluding tert-OH is 12. The van der Waals surface area contributed by atoms with Crippen LogP contribution in [0.5, 0.6) is 0 Å². The van der Waals surface area contributed by atoms with Gasteiger partial charge in [-0.25, -0.2) is 0 Å². The van der Waals surface area contributed by atoms with E-state index in [-0.39, 0.29) is 28.8 Å². The molecule has 0 amide bonds. The Labute approximate surface area is 425 Å². The van der Waals surface area contributed by atoms with Crippen molar-refractivity contribution in [2.45, 2.75) is 240 Å². The lowest BCUT2D eigenvalue weighted by molar-refractivity contribution is -0.394. The van der Waals surface area contributed by atoms with Gasteiger partial charge in [0.05, 0.1) is 50.3 Å². The first-order valence-corrected chi connectivity index (χ1v) is 26.8. The molecule has 0 aromatic carbocycles. The topological polar surface area (TPSA) is 335 Å². The minimum atomic E-state index is -1.91. The maximum absolute atomic E-state index is 12.3. The molecule has 73 heavy (non-hydrogen) atoms. The highest BCUT2D eigenvalue weighted by Crippen LogP contribution is 2.71. The van der Waals surface area contributed by atoms with Crippen molar-refractivity contribution < 1.29 is 109 Å². The third-order valence-corrected chi connectivity index (χ3v) is 19.9. The van der Waals surface area contributed by atoms with E-state index in [1.165, 1.54) is 19.4 Å². The minimum Gasteiger partial charge on any atom is -0.394 e. The number of aliphatic hydroxyl groups is 12. The summed E-state index contributed by atoms with van der Waals surface area (Å²) < 4.78 is 61.8. The normalized spacial score (nSPS) is 58.2. The Morgan fingerprint density at radius 3 is 1.90 bits per heavy atom. The molecular weight excluding hydrogens is 965 g/mol. The highest BCUT2D eigenvalue weighted by molar-refractivity contribution is 5.26. The maximum Gasteiger partial charge on any atom is 0.187 e. The van der Waals surface area contributed by atoms with Crippen LogP contribution < -0.4 is 0 Å². The molecule has 10 rings (SSSR count). The third-order valence-electron chi connectivity index (χ3n) is 19.9. The molecule has 0 unspecified atom stereocenters. The van der Waals surface area contributed by atoms with Crippen LogP contribution in [-0.4, -0.2) is 228 Å². The molecule has 6 aliphatic heterocycles. The van der Waals surface area contributed by atoms with E-state index < -0.39 is 154 Å². The second kappa shape index (κ2) is 20.8. The zero-order chi connectivity index (χ0) is 52.4. The summed E-state index contributed by atoms with van der Waals surface area (Å²) in [4.78, 5) is 0. The number of allylic oxidation sites excluding steroid dienone is 1. The summed E-state index contributed by atoms with van der Waals surface area (Å²) in [5.74, 6) is 1.19. The summed E-state index contributed by atoms with van der Waals surface area (Å²) in [6.07, 6.45) is -23.3. The standard InChI is InChI=1S/C51H82O22/c1-19-18-64-51(15-28(19)54)20(2)32-29(73-51)14-27-25-8-7-23-13-24(9-11-49(23,5)26(25)10-12-50(27,32)6)67-48-44(72-45-38(60)35(57)33(55)21(3)65-45)41(63)43(31(17-53)69-48)71-46-40(62)37(59)42(22(4)66-46)70-47-39(61)36(58)34(56)30(16-52)68-47/h7,19-22,24-48,52-63H,8-18H2,1-6H3/t19-,20-,21-,22-,24-,25+,26-,27-,28-,29-,30+,31+,32-,33-,34+,35+,36-,37-,38+,39+,40+,41-,42-,43+,44+,45-,46-,47-,48+,49-,50-,51+/m0/s1. The van der Waals surface area contributed by atoms with E-state index in [1.807, 2.05) is 6.92 Å². The van der Waals surface area contributed by atoms with Gasteiger partial charge in [-0.15, -0.1) is 0 Å². The molecule has 0 bridgehead atoms. The number of hydrogen-bond donors (Lipinski definition) is 12. The summed E-state index contributed by atoms with van der Waals surface area (Å²) in [6, 6.07) is 0. The monoisotopic (exact) mass is 1050 g/mol. The van der Waals surface area contributed by atoms with E-state index in [1.54, 1.807) is 0 Å².